The fourth-order valence-corrected chi connectivity index (χ4v) is 2.14. The van der Waals surface area contributed by atoms with Gasteiger partial charge in [0.1, 0.15) is 5.01 Å². The quantitative estimate of drug-likeness (QED) is 0.758. The van der Waals surface area contributed by atoms with Gasteiger partial charge in [-0.25, -0.2) is 9.50 Å². The van der Waals surface area contributed by atoms with Crippen molar-refractivity contribution in [2.45, 2.75) is 13.5 Å². The second kappa shape index (κ2) is 4.10. The summed E-state index contributed by atoms with van der Waals surface area (Å²) in [6.07, 6.45) is 3.51. The fourth-order valence-electron chi connectivity index (χ4n) is 1.55. The van der Waals surface area contributed by atoms with Crippen molar-refractivity contribution in [3.63, 3.8) is 0 Å². The van der Waals surface area contributed by atoms with E-state index in [1.165, 1.54) is 11.3 Å². The smallest absolute Gasteiger partial charge is 0.205 e. The Balaban J connectivity index is 1.83. The Labute approximate surface area is 101 Å². The normalized spacial score (nSPS) is 10.9. The van der Waals surface area contributed by atoms with Gasteiger partial charge in [-0.2, -0.15) is 5.10 Å². The van der Waals surface area contributed by atoms with Crippen LogP contribution >= 0.6 is 11.3 Å². The predicted octanol–water partition coefficient (Wildman–Crippen LogP) is 1.50. The SMILES string of the molecule is Cc1nnc(NCc2ccnc3ccnn23)s1. The number of nitrogens with one attached hydrogen (secondary N) is 1. The van der Waals surface area contributed by atoms with Crippen LogP contribution in [0.5, 0.6) is 0 Å². The highest BCUT2D eigenvalue weighted by Crippen LogP contribution is 2.14. The number of fused-ring (bicyclic) bond motifs is 1. The molecule has 3 aromatic rings. The number of hydrogen-bond donors (Lipinski definition) is 1. The van der Waals surface area contributed by atoms with Crippen LogP contribution in [0.4, 0.5) is 5.13 Å². The van der Waals surface area contributed by atoms with Crippen LogP contribution in [-0.4, -0.2) is 24.8 Å². The molecule has 17 heavy (non-hydrogen) atoms. The van der Waals surface area contributed by atoms with Crippen LogP contribution in [0, 0.1) is 6.92 Å². The van der Waals surface area contributed by atoms with E-state index in [4.69, 9.17) is 0 Å². The minimum absolute atomic E-state index is 0.648. The van der Waals surface area contributed by atoms with E-state index in [1.807, 2.05) is 19.1 Å². The van der Waals surface area contributed by atoms with Gasteiger partial charge in [0.2, 0.25) is 5.13 Å². The summed E-state index contributed by atoms with van der Waals surface area (Å²) in [5, 5.41) is 17.2. The Morgan fingerprint density at radius 1 is 1.29 bits per heavy atom. The van der Waals surface area contributed by atoms with Gasteiger partial charge in [0, 0.05) is 12.3 Å². The van der Waals surface area contributed by atoms with E-state index in [0.717, 1.165) is 21.5 Å². The number of aromatic nitrogens is 5. The maximum atomic E-state index is 4.22. The van der Waals surface area contributed by atoms with Crippen molar-refractivity contribution in [2.24, 2.45) is 0 Å². The summed E-state index contributed by atoms with van der Waals surface area (Å²) in [6.45, 7) is 2.58. The van der Waals surface area contributed by atoms with E-state index in [1.54, 1.807) is 16.9 Å². The fraction of sp³-hybridized carbons (Fsp3) is 0.200. The van der Waals surface area contributed by atoms with Crippen LogP contribution in [0.15, 0.2) is 24.5 Å². The van der Waals surface area contributed by atoms with Crippen LogP contribution < -0.4 is 5.32 Å². The Morgan fingerprint density at radius 3 is 3.06 bits per heavy atom. The van der Waals surface area contributed by atoms with Crippen LogP contribution in [-0.2, 0) is 6.54 Å². The number of rotatable bonds is 3. The summed E-state index contributed by atoms with van der Waals surface area (Å²) in [7, 11) is 0. The molecule has 6 nitrogen and oxygen atoms in total. The third kappa shape index (κ3) is 1.96. The molecule has 0 aliphatic carbocycles. The molecule has 0 aliphatic rings. The molecule has 0 fully saturated rings. The molecule has 1 N–H and O–H groups in total. The maximum absolute atomic E-state index is 4.22. The number of aryl methyl sites for hydroxylation is 1. The third-order valence-electron chi connectivity index (χ3n) is 2.32. The zero-order valence-corrected chi connectivity index (χ0v) is 9.98. The topological polar surface area (TPSA) is 68.0 Å². The van der Waals surface area contributed by atoms with Gasteiger partial charge in [0.25, 0.3) is 0 Å². The molecule has 0 saturated carbocycles. The Bertz CT molecular complexity index is 643. The Hall–Kier alpha value is -2.02. The molecule has 3 heterocycles. The zero-order valence-electron chi connectivity index (χ0n) is 9.16. The van der Waals surface area contributed by atoms with Gasteiger partial charge >= 0.3 is 0 Å². The van der Waals surface area contributed by atoms with Crippen molar-refractivity contribution in [1.29, 1.82) is 0 Å². The largest absolute Gasteiger partial charge is 0.354 e. The molecular weight excluding hydrogens is 236 g/mol. The molecular formula is C10H10N6S. The van der Waals surface area contributed by atoms with Crippen molar-refractivity contribution < 1.29 is 0 Å². The molecule has 0 aliphatic heterocycles. The van der Waals surface area contributed by atoms with Crippen LogP contribution in [0.25, 0.3) is 5.65 Å². The molecule has 0 saturated heterocycles. The second-order valence-corrected chi connectivity index (χ2v) is 4.70. The summed E-state index contributed by atoms with van der Waals surface area (Å²) >= 11 is 1.54. The first-order valence-corrected chi connectivity index (χ1v) is 5.96. The van der Waals surface area contributed by atoms with Crippen LogP contribution in [0.1, 0.15) is 10.7 Å². The average Bonchev–Trinajstić information content (AvgIpc) is 2.94. The van der Waals surface area contributed by atoms with E-state index in [2.05, 4.69) is 25.6 Å². The second-order valence-electron chi connectivity index (χ2n) is 3.52. The van der Waals surface area contributed by atoms with Gasteiger partial charge in [0.15, 0.2) is 5.65 Å². The lowest BCUT2D eigenvalue weighted by atomic mass is 10.4. The molecule has 3 aromatic heterocycles. The maximum Gasteiger partial charge on any atom is 0.205 e. The van der Waals surface area contributed by atoms with Crippen LogP contribution in [0.3, 0.4) is 0 Å². The van der Waals surface area contributed by atoms with Gasteiger partial charge in [-0.1, -0.05) is 11.3 Å². The summed E-state index contributed by atoms with van der Waals surface area (Å²) in [5.41, 5.74) is 1.88. The first-order chi connectivity index (χ1) is 8.33. The van der Waals surface area contributed by atoms with Crippen molar-refractivity contribution in [3.8, 4) is 0 Å². The molecule has 3 rings (SSSR count). The molecule has 0 spiro atoms. The summed E-state index contributed by atoms with van der Waals surface area (Å²) in [4.78, 5) is 4.21. The van der Waals surface area contributed by atoms with Crippen molar-refractivity contribution in [3.05, 3.63) is 35.2 Å². The van der Waals surface area contributed by atoms with Crippen molar-refractivity contribution in [2.75, 3.05) is 5.32 Å². The van der Waals surface area contributed by atoms with Gasteiger partial charge < -0.3 is 5.32 Å². The van der Waals surface area contributed by atoms with E-state index in [0.29, 0.717) is 6.54 Å². The van der Waals surface area contributed by atoms with Crippen LogP contribution in [0.2, 0.25) is 0 Å². The van der Waals surface area contributed by atoms with Gasteiger partial charge in [-0.05, 0) is 13.0 Å². The Morgan fingerprint density at radius 2 is 2.24 bits per heavy atom. The van der Waals surface area contributed by atoms with E-state index in [-0.39, 0.29) is 0 Å². The van der Waals surface area contributed by atoms with Crippen molar-refractivity contribution in [1.82, 2.24) is 24.8 Å². The lowest BCUT2D eigenvalue weighted by molar-refractivity contribution is 0.851. The van der Waals surface area contributed by atoms with E-state index in [9.17, 15) is 0 Å². The standard InChI is InChI=1S/C10H10N6S/c1-7-14-15-10(17-7)12-6-8-2-4-11-9-3-5-13-16(8)9/h2-5H,6H2,1H3,(H,12,15). The average molecular weight is 246 g/mol. The molecule has 86 valence electrons. The summed E-state index contributed by atoms with van der Waals surface area (Å²) in [6, 6.07) is 3.81. The first-order valence-electron chi connectivity index (χ1n) is 5.14. The minimum atomic E-state index is 0.648. The zero-order chi connectivity index (χ0) is 11.7. The highest BCUT2D eigenvalue weighted by molar-refractivity contribution is 7.15. The molecule has 0 radical (unpaired) electrons. The molecule has 0 bridgehead atoms. The lowest BCUT2D eigenvalue weighted by Gasteiger charge is -2.04. The number of hydrogen-bond acceptors (Lipinski definition) is 6. The van der Waals surface area contributed by atoms with Gasteiger partial charge in [-0.15, -0.1) is 10.2 Å². The van der Waals surface area contributed by atoms with Gasteiger partial charge in [-0.3, -0.25) is 0 Å². The highest BCUT2D eigenvalue weighted by Gasteiger charge is 2.03. The monoisotopic (exact) mass is 246 g/mol. The Kier molecular flexibility index (Phi) is 2.45. The molecule has 0 unspecified atom stereocenters. The number of nitrogens with zero attached hydrogens (tertiary/aromatic N) is 5. The van der Waals surface area contributed by atoms with Crippen molar-refractivity contribution >= 4 is 22.1 Å². The molecule has 0 aromatic carbocycles. The number of anilines is 1. The molecule has 0 atom stereocenters. The molecule has 0 amide bonds. The molecule has 7 heteroatoms. The summed E-state index contributed by atoms with van der Waals surface area (Å²) < 4.78 is 1.81. The first kappa shape index (κ1) is 10.2. The highest BCUT2D eigenvalue weighted by atomic mass is 32.1. The minimum Gasteiger partial charge on any atom is -0.354 e. The van der Waals surface area contributed by atoms with E-state index < -0.39 is 0 Å². The predicted molar refractivity (Wildman–Crippen MR) is 65.0 cm³/mol. The van der Waals surface area contributed by atoms with E-state index >= 15 is 0 Å². The lowest BCUT2D eigenvalue weighted by Crippen LogP contribution is -2.06. The van der Waals surface area contributed by atoms with Gasteiger partial charge in [0.05, 0.1) is 18.4 Å². The third-order valence-corrected chi connectivity index (χ3v) is 3.11. The summed E-state index contributed by atoms with van der Waals surface area (Å²) in [5.74, 6) is 0.